The van der Waals surface area contributed by atoms with Crippen molar-refractivity contribution in [2.45, 2.75) is 25.9 Å². The fourth-order valence-electron chi connectivity index (χ4n) is 0.950. The van der Waals surface area contributed by atoms with E-state index in [0.29, 0.717) is 0 Å². The van der Waals surface area contributed by atoms with Crippen molar-refractivity contribution in [2.75, 3.05) is 0 Å². The minimum Gasteiger partial charge on any atom is -0.472 e. The molecule has 0 spiro atoms. The van der Waals surface area contributed by atoms with Gasteiger partial charge in [0.25, 0.3) is 0 Å². The van der Waals surface area contributed by atoms with Crippen molar-refractivity contribution < 1.29 is 9.21 Å². The van der Waals surface area contributed by atoms with Crippen LogP contribution in [0.3, 0.4) is 0 Å². The first-order chi connectivity index (χ1) is 6.11. The third kappa shape index (κ3) is 2.59. The molecule has 0 aliphatic heterocycles. The van der Waals surface area contributed by atoms with E-state index in [1.54, 1.807) is 19.5 Å². The molecule has 3 N–H and O–H groups in total. The monoisotopic (exact) mass is 182 g/mol. The Morgan fingerprint density at radius 1 is 1.62 bits per heavy atom. The van der Waals surface area contributed by atoms with Gasteiger partial charge in [-0.05, 0) is 19.9 Å². The number of rotatable bonds is 3. The van der Waals surface area contributed by atoms with Gasteiger partial charge in [0.15, 0.2) is 0 Å². The maximum Gasteiger partial charge on any atom is 0.237 e. The van der Waals surface area contributed by atoms with Gasteiger partial charge in [-0.25, -0.2) is 0 Å². The number of carbonyl (C=O) groups excluding carboxylic acids is 1. The van der Waals surface area contributed by atoms with Crippen LogP contribution in [0.4, 0.5) is 0 Å². The minimum absolute atomic E-state index is 0.0581. The summed E-state index contributed by atoms with van der Waals surface area (Å²) < 4.78 is 4.90. The molecule has 4 heteroatoms. The van der Waals surface area contributed by atoms with Crippen LogP contribution in [0.5, 0.6) is 0 Å². The van der Waals surface area contributed by atoms with E-state index in [-0.39, 0.29) is 11.9 Å². The van der Waals surface area contributed by atoms with Gasteiger partial charge in [-0.3, -0.25) is 4.79 Å². The summed E-state index contributed by atoms with van der Waals surface area (Å²) in [6.07, 6.45) is 3.18. The summed E-state index contributed by atoms with van der Waals surface area (Å²) in [5, 5.41) is 2.76. The molecule has 1 aromatic rings. The first-order valence-corrected chi connectivity index (χ1v) is 4.19. The second-order valence-corrected chi connectivity index (χ2v) is 3.08. The first kappa shape index (κ1) is 9.80. The van der Waals surface area contributed by atoms with Gasteiger partial charge in [0.1, 0.15) is 0 Å². The smallest absolute Gasteiger partial charge is 0.237 e. The van der Waals surface area contributed by atoms with Crippen molar-refractivity contribution in [1.82, 2.24) is 5.32 Å². The Morgan fingerprint density at radius 3 is 2.77 bits per heavy atom. The Balaban J connectivity index is 2.51. The second kappa shape index (κ2) is 4.09. The molecule has 1 unspecified atom stereocenters. The van der Waals surface area contributed by atoms with Crippen molar-refractivity contribution in [3.63, 3.8) is 0 Å². The zero-order valence-corrected chi connectivity index (χ0v) is 7.78. The van der Waals surface area contributed by atoms with Crippen molar-refractivity contribution in [2.24, 2.45) is 5.73 Å². The molecule has 0 fully saturated rings. The summed E-state index contributed by atoms with van der Waals surface area (Å²) >= 11 is 0. The Hall–Kier alpha value is -1.29. The summed E-state index contributed by atoms with van der Waals surface area (Å²) in [6, 6.07) is 1.28. The van der Waals surface area contributed by atoms with Gasteiger partial charge in [0.05, 0.1) is 24.6 Å². The number of nitrogens with one attached hydrogen (secondary N) is 1. The molecule has 4 nitrogen and oxygen atoms in total. The lowest BCUT2D eigenvalue weighted by atomic mass is 10.2. The highest BCUT2D eigenvalue weighted by Gasteiger charge is 2.12. The molecule has 0 radical (unpaired) electrons. The maximum absolute atomic E-state index is 11.2. The number of amides is 1. The number of hydrogen-bond acceptors (Lipinski definition) is 3. The molecule has 1 rings (SSSR count). The molecule has 1 heterocycles. The number of nitrogens with two attached hydrogens (primary N) is 1. The fourth-order valence-corrected chi connectivity index (χ4v) is 0.950. The van der Waals surface area contributed by atoms with E-state index in [9.17, 15) is 4.79 Å². The SMILES string of the molecule is CC(NC(=O)[C@@H](C)N)c1ccoc1. The van der Waals surface area contributed by atoms with Crippen LogP contribution >= 0.6 is 0 Å². The molecule has 2 atom stereocenters. The standard InChI is InChI=1S/C9H14N2O2/c1-6(10)9(12)11-7(2)8-3-4-13-5-8/h3-7H,10H2,1-2H3,(H,11,12)/t6-,7?/m1/s1. The molecule has 0 saturated heterocycles. The Morgan fingerprint density at radius 2 is 2.31 bits per heavy atom. The van der Waals surface area contributed by atoms with Crippen LogP contribution in [0.15, 0.2) is 23.0 Å². The zero-order chi connectivity index (χ0) is 9.84. The highest BCUT2D eigenvalue weighted by molar-refractivity contribution is 5.81. The summed E-state index contributed by atoms with van der Waals surface area (Å²) in [5.41, 5.74) is 6.34. The van der Waals surface area contributed by atoms with Crippen molar-refractivity contribution >= 4 is 5.91 Å². The third-order valence-electron chi connectivity index (χ3n) is 1.82. The minimum atomic E-state index is -0.477. The Labute approximate surface area is 77.1 Å². The van der Waals surface area contributed by atoms with Crippen molar-refractivity contribution in [3.8, 4) is 0 Å². The lowest BCUT2D eigenvalue weighted by molar-refractivity contribution is -0.122. The molecule has 0 bridgehead atoms. The maximum atomic E-state index is 11.2. The van der Waals surface area contributed by atoms with Crippen LogP contribution in [0.1, 0.15) is 25.5 Å². The molecule has 0 saturated carbocycles. The second-order valence-electron chi connectivity index (χ2n) is 3.08. The van der Waals surface area contributed by atoms with Gasteiger partial charge in [-0.1, -0.05) is 0 Å². The molecule has 1 amide bonds. The molecular weight excluding hydrogens is 168 g/mol. The number of hydrogen-bond donors (Lipinski definition) is 2. The highest BCUT2D eigenvalue weighted by atomic mass is 16.3. The van der Waals surface area contributed by atoms with Gasteiger partial charge < -0.3 is 15.5 Å². The zero-order valence-electron chi connectivity index (χ0n) is 7.78. The van der Waals surface area contributed by atoms with Crippen LogP contribution in [0.25, 0.3) is 0 Å². The molecule has 0 aliphatic carbocycles. The third-order valence-corrected chi connectivity index (χ3v) is 1.82. The van der Waals surface area contributed by atoms with Gasteiger partial charge in [0, 0.05) is 5.56 Å². The van der Waals surface area contributed by atoms with Gasteiger partial charge in [0.2, 0.25) is 5.91 Å². The largest absolute Gasteiger partial charge is 0.472 e. The number of carbonyl (C=O) groups is 1. The predicted octanol–water partition coefficient (Wildman–Crippen LogP) is 0.804. The van der Waals surface area contributed by atoms with Crippen LogP contribution in [0.2, 0.25) is 0 Å². The topological polar surface area (TPSA) is 68.3 Å². The molecular formula is C9H14N2O2. The lowest BCUT2D eigenvalue weighted by Crippen LogP contribution is -2.39. The quantitative estimate of drug-likeness (QED) is 0.726. The van der Waals surface area contributed by atoms with Crippen LogP contribution in [-0.2, 0) is 4.79 Å². The van der Waals surface area contributed by atoms with E-state index in [0.717, 1.165) is 5.56 Å². The van der Waals surface area contributed by atoms with Gasteiger partial charge in [-0.15, -0.1) is 0 Å². The molecule has 13 heavy (non-hydrogen) atoms. The van der Waals surface area contributed by atoms with E-state index in [2.05, 4.69) is 5.32 Å². The van der Waals surface area contributed by atoms with E-state index < -0.39 is 6.04 Å². The first-order valence-electron chi connectivity index (χ1n) is 4.19. The average molecular weight is 182 g/mol. The van der Waals surface area contributed by atoms with E-state index >= 15 is 0 Å². The average Bonchev–Trinajstić information content (AvgIpc) is 2.55. The summed E-state index contributed by atoms with van der Waals surface area (Å²) in [5.74, 6) is -0.159. The predicted molar refractivity (Wildman–Crippen MR) is 48.9 cm³/mol. The summed E-state index contributed by atoms with van der Waals surface area (Å²) in [6.45, 7) is 3.53. The van der Waals surface area contributed by atoms with E-state index in [1.807, 2.05) is 13.0 Å². The Kier molecular flexibility index (Phi) is 3.08. The number of furan rings is 1. The van der Waals surface area contributed by atoms with Crippen molar-refractivity contribution in [3.05, 3.63) is 24.2 Å². The molecule has 0 aromatic carbocycles. The lowest BCUT2D eigenvalue weighted by Gasteiger charge is -2.13. The summed E-state index contributed by atoms with van der Waals surface area (Å²) in [7, 11) is 0. The molecule has 72 valence electrons. The van der Waals surface area contributed by atoms with E-state index in [1.165, 1.54) is 0 Å². The summed E-state index contributed by atoms with van der Waals surface area (Å²) in [4.78, 5) is 11.2. The van der Waals surface area contributed by atoms with Crippen LogP contribution < -0.4 is 11.1 Å². The molecule has 1 aromatic heterocycles. The van der Waals surface area contributed by atoms with Crippen LogP contribution in [-0.4, -0.2) is 11.9 Å². The van der Waals surface area contributed by atoms with Gasteiger partial charge >= 0.3 is 0 Å². The van der Waals surface area contributed by atoms with Crippen molar-refractivity contribution in [1.29, 1.82) is 0 Å². The molecule has 0 aliphatic rings. The van der Waals surface area contributed by atoms with Crippen LogP contribution in [0, 0.1) is 0 Å². The normalized spacial score (nSPS) is 15.0. The highest BCUT2D eigenvalue weighted by Crippen LogP contribution is 2.11. The van der Waals surface area contributed by atoms with Gasteiger partial charge in [-0.2, -0.15) is 0 Å². The van der Waals surface area contributed by atoms with E-state index in [4.69, 9.17) is 10.2 Å². The fraction of sp³-hybridized carbons (Fsp3) is 0.444. The Bertz CT molecular complexity index is 267.